The maximum atomic E-state index is 11.6. The first-order valence-corrected chi connectivity index (χ1v) is 12.3. The molecule has 0 aromatic carbocycles. The van der Waals surface area contributed by atoms with Gasteiger partial charge >= 0.3 is 5.97 Å². The molecular weight excluding hydrogens is 448 g/mol. The SMILES string of the molecule is CC(C)(C)c1ccnc(Nc2cccc(-c3cnc(C4(O)CCC(C(=O)O)C(C)(C)C4)s3)n2)c1. The Morgan fingerprint density at radius 1 is 1.18 bits per heavy atom. The Labute approximate surface area is 204 Å². The second-order valence-electron chi connectivity index (χ2n) is 10.9. The maximum Gasteiger partial charge on any atom is 0.307 e. The number of aromatic nitrogens is 3. The Kier molecular flexibility index (Phi) is 6.25. The highest BCUT2D eigenvalue weighted by atomic mass is 32.1. The van der Waals surface area contributed by atoms with Gasteiger partial charge in [0.25, 0.3) is 0 Å². The van der Waals surface area contributed by atoms with Crippen molar-refractivity contribution in [3.05, 3.63) is 53.3 Å². The van der Waals surface area contributed by atoms with Gasteiger partial charge in [-0.05, 0) is 59.9 Å². The van der Waals surface area contributed by atoms with Crippen LogP contribution >= 0.6 is 11.3 Å². The molecular formula is C26H32N4O3S. The van der Waals surface area contributed by atoms with Gasteiger partial charge in [0.1, 0.15) is 22.2 Å². The molecule has 7 nitrogen and oxygen atoms in total. The Morgan fingerprint density at radius 2 is 1.94 bits per heavy atom. The fourth-order valence-corrected chi connectivity index (χ4v) is 5.73. The van der Waals surface area contributed by atoms with Crippen molar-refractivity contribution < 1.29 is 15.0 Å². The maximum absolute atomic E-state index is 11.6. The monoisotopic (exact) mass is 480 g/mol. The molecule has 180 valence electrons. The number of carbonyl (C=O) groups is 1. The van der Waals surface area contributed by atoms with Crippen LogP contribution in [0.1, 0.15) is 64.5 Å². The first kappa shape index (κ1) is 24.3. The van der Waals surface area contributed by atoms with Crippen molar-refractivity contribution in [3.63, 3.8) is 0 Å². The smallest absolute Gasteiger partial charge is 0.307 e. The topological polar surface area (TPSA) is 108 Å². The quantitative estimate of drug-likeness (QED) is 0.427. The predicted octanol–water partition coefficient (Wildman–Crippen LogP) is 5.74. The predicted molar refractivity (Wildman–Crippen MR) is 134 cm³/mol. The average Bonchev–Trinajstić information content (AvgIpc) is 3.24. The number of nitrogens with zero attached hydrogens (tertiary/aromatic N) is 3. The van der Waals surface area contributed by atoms with Gasteiger partial charge in [-0.1, -0.05) is 40.7 Å². The van der Waals surface area contributed by atoms with E-state index >= 15 is 0 Å². The van der Waals surface area contributed by atoms with Crippen LogP contribution in [0.15, 0.2) is 42.7 Å². The number of hydrogen-bond acceptors (Lipinski definition) is 7. The van der Waals surface area contributed by atoms with Gasteiger partial charge in [-0.2, -0.15) is 0 Å². The molecule has 1 saturated carbocycles. The summed E-state index contributed by atoms with van der Waals surface area (Å²) in [7, 11) is 0. The summed E-state index contributed by atoms with van der Waals surface area (Å²) in [6.07, 6.45) is 4.69. The molecule has 2 atom stereocenters. The normalized spacial score (nSPS) is 22.4. The largest absolute Gasteiger partial charge is 0.481 e. The molecule has 34 heavy (non-hydrogen) atoms. The van der Waals surface area contributed by atoms with Crippen molar-refractivity contribution in [3.8, 4) is 10.6 Å². The van der Waals surface area contributed by atoms with E-state index in [2.05, 4.69) is 36.1 Å². The third kappa shape index (κ3) is 4.98. The van der Waals surface area contributed by atoms with Gasteiger partial charge in [-0.3, -0.25) is 4.79 Å². The van der Waals surface area contributed by atoms with Crippen LogP contribution in [-0.2, 0) is 15.8 Å². The summed E-state index contributed by atoms with van der Waals surface area (Å²) < 4.78 is 0. The first-order valence-electron chi connectivity index (χ1n) is 11.5. The number of carboxylic acids is 1. The molecule has 1 aliphatic rings. The Balaban J connectivity index is 1.55. The standard InChI is InChI=1S/C26H32N4O3S/c1-24(2,3)16-10-12-27-21(13-16)30-20-8-6-7-18(29-20)19-14-28-23(34-19)26(33)11-9-17(22(31)32)25(4,5)15-26/h6-8,10,12-14,17,33H,9,11,15H2,1-5H3,(H,31,32)(H,27,29,30). The van der Waals surface area contributed by atoms with E-state index in [-0.39, 0.29) is 5.41 Å². The van der Waals surface area contributed by atoms with E-state index in [4.69, 9.17) is 4.98 Å². The highest BCUT2D eigenvalue weighted by Crippen LogP contribution is 2.50. The fourth-order valence-electron chi connectivity index (χ4n) is 4.73. The molecule has 0 spiro atoms. The van der Waals surface area contributed by atoms with Crippen LogP contribution in [0.2, 0.25) is 0 Å². The summed E-state index contributed by atoms with van der Waals surface area (Å²) in [5.41, 5.74) is 0.295. The summed E-state index contributed by atoms with van der Waals surface area (Å²) in [4.78, 5) is 26.2. The highest BCUT2D eigenvalue weighted by Gasteiger charge is 2.49. The molecule has 8 heteroatoms. The van der Waals surface area contributed by atoms with Crippen molar-refractivity contribution in [2.45, 2.75) is 64.9 Å². The molecule has 1 aliphatic carbocycles. The molecule has 3 heterocycles. The summed E-state index contributed by atoms with van der Waals surface area (Å²) in [5.74, 6) is 0.131. The van der Waals surface area contributed by atoms with Gasteiger partial charge < -0.3 is 15.5 Å². The number of aliphatic hydroxyl groups is 1. The lowest BCUT2D eigenvalue weighted by atomic mass is 9.63. The zero-order valence-electron chi connectivity index (χ0n) is 20.3. The lowest BCUT2D eigenvalue weighted by molar-refractivity contribution is -0.154. The van der Waals surface area contributed by atoms with Gasteiger partial charge in [0.2, 0.25) is 0 Å². The molecule has 0 radical (unpaired) electrons. The van der Waals surface area contributed by atoms with E-state index in [0.717, 1.165) is 16.4 Å². The second-order valence-corrected chi connectivity index (χ2v) is 11.9. The number of carboxylic acid groups (broad SMARTS) is 1. The molecule has 3 N–H and O–H groups in total. The number of aliphatic carboxylic acids is 1. The van der Waals surface area contributed by atoms with Crippen molar-refractivity contribution in [1.82, 2.24) is 15.0 Å². The minimum absolute atomic E-state index is 0.0199. The van der Waals surface area contributed by atoms with E-state index < -0.39 is 22.9 Å². The Bertz CT molecular complexity index is 1200. The highest BCUT2D eigenvalue weighted by molar-refractivity contribution is 7.15. The number of nitrogens with one attached hydrogen (secondary N) is 1. The molecule has 1 fully saturated rings. The Morgan fingerprint density at radius 3 is 2.62 bits per heavy atom. The third-order valence-corrected chi connectivity index (χ3v) is 7.84. The first-order chi connectivity index (χ1) is 15.9. The molecule has 0 saturated heterocycles. The minimum Gasteiger partial charge on any atom is -0.481 e. The van der Waals surface area contributed by atoms with Crippen molar-refractivity contribution in [1.29, 1.82) is 0 Å². The molecule has 4 rings (SSSR count). The average molecular weight is 481 g/mol. The lowest BCUT2D eigenvalue weighted by Crippen LogP contribution is -2.44. The van der Waals surface area contributed by atoms with Crippen molar-refractivity contribution in [2.75, 3.05) is 5.32 Å². The van der Waals surface area contributed by atoms with Gasteiger partial charge in [-0.25, -0.2) is 15.0 Å². The van der Waals surface area contributed by atoms with Gasteiger partial charge in [0.05, 0.1) is 16.5 Å². The number of rotatable bonds is 5. The van der Waals surface area contributed by atoms with Crippen LogP contribution in [0.3, 0.4) is 0 Å². The summed E-state index contributed by atoms with van der Waals surface area (Å²) in [6, 6.07) is 9.78. The molecule has 3 aromatic heterocycles. The number of anilines is 2. The third-order valence-electron chi connectivity index (χ3n) is 6.62. The molecule has 0 aliphatic heterocycles. The van der Waals surface area contributed by atoms with E-state index in [9.17, 15) is 15.0 Å². The van der Waals surface area contributed by atoms with Gasteiger partial charge in [0, 0.05) is 12.4 Å². The van der Waals surface area contributed by atoms with Crippen LogP contribution < -0.4 is 5.32 Å². The number of hydrogen-bond donors (Lipinski definition) is 3. The zero-order valence-corrected chi connectivity index (χ0v) is 21.1. The van der Waals surface area contributed by atoms with Crippen LogP contribution in [0.5, 0.6) is 0 Å². The van der Waals surface area contributed by atoms with Crippen LogP contribution in [0, 0.1) is 11.3 Å². The van der Waals surface area contributed by atoms with Gasteiger partial charge in [-0.15, -0.1) is 11.3 Å². The molecule has 0 bridgehead atoms. The summed E-state index contributed by atoms with van der Waals surface area (Å²) >= 11 is 1.41. The second kappa shape index (κ2) is 8.74. The number of thiazole rings is 1. The fraction of sp³-hybridized carbons (Fsp3) is 0.462. The van der Waals surface area contributed by atoms with E-state index in [1.165, 1.54) is 16.9 Å². The zero-order chi connectivity index (χ0) is 24.7. The van der Waals surface area contributed by atoms with Crippen LogP contribution in [0.4, 0.5) is 11.6 Å². The van der Waals surface area contributed by atoms with Crippen molar-refractivity contribution in [2.24, 2.45) is 11.3 Å². The van der Waals surface area contributed by atoms with E-state index in [1.807, 2.05) is 44.2 Å². The van der Waals surface area contributed by atoms with Crippen molar-refractivity contribution >= 4 is 28.9 Å². The van der Waals surface area contributed by atoms with E-state index in [0.29, 0.717) is 30.1 Å². The van der Waals surface area contributed by atoms with Gasteiger partial charge in [0.15, 0.2) is 0 Å². The minimum atomic E-state index is -1.13. The molecule has 3 aromatic rings. The number of pyridine rings is 2. The lowest BCUT2D eigenvalue weighted by Gasteiger charge is -2.44. The Hall–Kier alpha value is -2.84. The summed E-state index contributed by atoms with van der Waals surface area (Å²) in [5, 5.41) is 24.8. The van der Waals surface area contributed by atoms with Crippen LogP contribution in [-0.4, -0.2) is 31.1 Å². The molecule has 2 unspecified atom stereocenters. The summed E-state index contributed by atoms with van der Waals surface area (Å²) in [6.45, 7) is 10.3. The van der Waals surface area contributed by atoms with E-state index in [1.54, 1.807) is 12.4 Å². The van der Waals surface area contributed by atoms with Crippen LogP contribution in [0.25, 0.3) is 10.6 Å². The molecule has 0 amide bonds.